The fourth-order valence-corrected chi connectivity index (χ4v) is 3.11. The highest BCUT2D eigenvalue weighted by molar-refractivity contribution is 7.99. The molecule has 0 amide bonds. The first-order chi connectivity index (χ1) is 7.19. The van der Waals surface area contributed by atoms with Crippen LogP contribution in [0.25, 0.3) is 0 Å². The van der Waals surface area contributed by atoms with Crippen LogP contribution in [0.1, 0.15) is 12.0 Å². The molecule has 0 aromatic heterocycles. The monoisotopic (exact) mass is 225 g/mol. The van der Waals surface area contributed by atoms with Crippen molar-refractivity contribution in [1.29, 1.82) is 0 Å². The fourth-order valence-electron chi connectivity index (χ4n) is 1.80. The lowest BCUT2D eigenvalue weighted by atomic mass is 9.88. The molecule has 0 saturated carbocycles. The van der Waals surface area contributed by atoms with E-state index in [1.165, 1.54) is 0 Å². The third kappa shape index (κ3) is 1.85. The van der Waals surface area contributed by atoms with Crippen LogP contribution in [-0.2, 0) is 5.54 Å². The highest BCUT2D eigenvalue weighted by atomic mass is 32.2. The molecule has 1 heterocycles. The van der Waals surface area contributed by atoms with Crippen LogP contribution in [0.3, 0.4) is 0 Å². The van der Waals surface area contributed by atoms with Gasteiger partial charge in [-0.25, -0.2) is 0 Å². The van der Waals surface area contributed by atoms with E-state index in [0.29, 0.717) is 0 Å². The number of benzene rings is 1. The Hall–Kier alpha value is -0.710. The number of aliphatic hydroxyl groups is 1. The minimum absolute atomic E-state index is 0.00705. The number of ether oxygens (including phenoxy) is 1. The van der Waals surface area contributed by atoms with E-state index in [0.717, 1.165) is 28.4 Å². The second-order valence-electron chi connectivity index (χ2n) is 3.77. The summed E-state index contributed by atoms with van der Waals surface area (Å²) in [4.78, 5) is 1.12. The summed E-state index contributed by atoms with van der Waals surface area (Å²) in [6, 6.07) is 5.83. The van der Waals surface area contributed by atoms with Crippen LogP contribution in [-0.4, -0.2) is 24.6 Å². The van der Waals surface area contributed by atoms with Crippen molar-refractivity contribution in [3.05, 3.63) is 23.8 Å². The van der Waals surface area contributed by atoms with Crippen molar-refractivity contribution in [1.82, 2.24) is 0 Å². The molecule has 0 spiro atoms. The number of fused-ring (bicyclic) bond motifs is 1. The highest BCUT2D eigenvalue weighted by Gasteiger charge is 2.32. The molecule has 0 aliphatic carbocycles. The summed E-state index contributed by atoms with van der Waals surface area (Å²) in [5, 5.41) is 9.36. The van der Waals surface area contributed by atoms with Gasteiger partial charge in [-0.15, -0.1) is 11.8 Å². The van der Waals surface area contributed by atoms with Crippen LogP contribution < -0.4 is 10.5 Å². The van der Waals surface area contributed by atoms with Crippen molar-refractivity contribution < 1.29 is 9.84 Å². The Bertz CT molecular complexity index is 370. The Morgan fingerprint density at radius 2 is 2.40 bits per heavy atom. The number of aliphatic hydroxyl groups excluding tert-OH is 1. The summed E-state index contributed by atoms with van der Waals surface area (Å²) in [6.07, 6.45) is 0.813. The van der Waals surface area contributed by atoms with E-state index in [4.69, 9.17) is 10.5 Å². The molecule has 1 aromatic carbocycles. The average molecular weight is 225 g/mol. The first-order valence-electron chi connectivity index (χ1n) is 4.91. The van der Waals surface area contributed by atoms with Gasteiger partial charge in [0.05, 0.1) is 19.3 Å². The lowest BCUT2D eigenvalue weighted by Gasteiger charge is -2.33. The zero-order valence-electron chi connectivity index (χ0n) is 8.69. The number of hydrogen-bond donors (Lipinski definition) is 2. The Kier molecular flexibility index (Phi) is 2.91. The molecule has 3 N–H and O–H groups in total. The maximum atomic E-state index is 9.36. The highest BCUT2D eigenvalue weighted by Crippen LogP contribution is 2.40. The van der Waals surface area contributed by atoms with Gasteiger partial charge in [0.25, 0.3) is 0 Å². The molecule has 0 bridgehead atoms. The van der Waals surface area contributed by atoms with Crippen LogP contribution in [0.5, 0.6) is 5.75 Å². The molecule has 0 radical (unpaired) electrons. The van der Waals surface area contributed by atoms with Crippen molar-refractivity contribution in [3.63, 3.8) is 0 Å². The molecule has 0 fully saturated rings. The number of hydrogen-bond acceptors (Lipinski definition) is 4. The third-order valence-electron chi connectivity index (χ3n) is 2.81. The summed E-state index contributed by atoms with van der Waals surface area (Å²) in [6.45, 7) is -0.00705. The van der Waals surface area contributed by atoms with Gasteiger partial charge < -0.3 is 15.6 Å². The van der Waals surface area contributed by atoms with Gasteiger partial charge >= 0.3 is 0 Å². The summed E-state index contributed by atoms with van der Waals surface area (Å²) >= 11 is 1.76. The number of nitrogens with two attached hydrogens (primary N) is 1. The Morgan fingerprint density at radius 3 is 3.07 bits per heavy atom. The summed E-state index contributed by atoms with van der Waals surface area (Å²) in [5.41, 5.74) is 6.61. The molecule has 3 nitrogen and oxygen atoms in total. The summed E-state index contributed by atoms with van der Waals surface area (Å²) in [5.74, 6) is 1.78. The predicted octanol–water partition coefficient (Wildman–Crippen LogP) is 1.34. The number of methoxy groups -OCH3 is 1. The maximum absolute atomic E-state index is 9.36. The van der Waals surface area contributed by atoms with Crippen LogP contribution in [0, 0.1) is 0 Å². The quantitative estimate of drug-likeness (QED) is 0.797. The van der Waals surface area contributed by atoms with Crippen molar-refractivity contribution >= 4 is 11.8 Å². The molecule has 1 atom stereocenters. The van der Waals surface area contributed by atoms with E-state index in [1.807, 2.05) is 18.2 Å². The van der Waals surface area contributed by atoms with Gasteiger partial charge in [0.2, 0.25) is 0 Å². The van der Waals surface area contributed by atoms with Gasteiger partial charge in [-0.3, -0.25) is 0 Å². The van der Waals surface area contributed by atoms with E-state index < -0.39 is 5.54 Å². The summed E-state index contributed by atoms with van der Waals surface area (Å²) in [7, 11) is 1.65. The largest absolute Gasteiger partial charge is 0.497 e. The Labute approximate surface area is 93.6 Å². The molecule has 4 heteroatoms. The fraction of sp³-hybridized carbons (Fsp3) is 0.455. The standard InChI is InChI=1S/C11H15NO2S/c1-14-8-2-3-9-10(6-8)15-5-4-11(9,12)7-13/h2-3,6,13H,4-5,7,12H2,1H3. The molecule has 1 aliphatic heterocycles. The normalized spacial score (nSPS) is 24.7. The number of rotatable bonds is 2. The van der Waals surface area contributed by atoms with Gasteiger partial charge in [-0.05, 0) is 24.1 Å². The maximum Gasteiger partial charge on any atom is 0.119 e. The lowest BCUT2D eigenvalue weighted by molar-refractivity contribution is 0.189. The van der Waals surface area contributed by atoms with Crippen LogP contribution >= 0.6 is 11.8 Å². The smallest absolute Gasteiger partial charge is 0.119 e. The first-order valence-corrected chi connectivity index (χ1v) is 5.89. The summed E-state index contributed by atoms with van der Waals surface area (Å²) < 4.78 is 5.17. The van der Waals surface area contributed by atoms with Crippen LogP contribution in [0.2, 0.25) is 0 Å². The molecule has 0 saturated heterocycles. The van der Waals surface area contributed by atoms with Gasteiger partial charge in [0.1, 0.15) is 5.75 Å². The molecule has 82 valence electrons. The number of thioether (sulfide) groups is 1. The second kappa shape index (κ2) is 4.04. The van der Waals surface area contributed by atoms with Gasteiger partial charge in [-0.2, -0.15) is 0 Å². The van der Waals surface area contributed by atoms with Crippen LogP contribution in [0.15, 0.2) is 23.1 Å². The van der Waals surface area contributed by atoms with Gasteiger partial charge in [0.15, 0.2) is 0 Å². The Morgan fingerprint density at radius 1 is 1.60 bits per heavy atom. The first kappa shape index (κ1) is 10.8. The van der Waals surface area contributed by atoms with Crippen molar-refractivity contribution in [2.75, 3.05) is 19.5 Å². The minimum atomic E-state index is -0.577. The minimum Gasteiger partial charge on any atom is -0.497 e. The van der Waals surface area contributed by atoms with E-state index in [9.17, 15) is 5.11 Å². The zero-order chi connectivity index (χ0) is 10.9. The average Bonchev–Trinajstić information content (AvgIpc) is 2.29. The van der Waals surface area contributed by atoms with Crippen molar-refractivity contribution in [2.24, 2.45) is 5.73 Å². The molecule has 2 rings (SSSR count). The van der Waals surface area contributed by atoms with Crippen LogP contribution in [0.4, 0.5) is 0 Å². The zero-order valence-corrected chi connectivity index (χ0v) is 9.51. The van der Waals surface area contributed by atoms with E-state index >= 15 is 0 Å². The molecule has 15 heavy (non-hydrogen) atoms. The molecule has 1 aromatic rings. The lowest BCUT2D eigenvalue weighted by Crippen LogP contribution is -2.43. The van der Waals surface area contributed by atoms with E-state index in [1.54, 1.807) is 18.9 Å². The third-order valence-corrected chi connectivity index (χ3v) is 3.87. The molecular weight excluding hydrogens is 210 g/mol. The Balaban J connectivity index is 2.45. The van der Waals surface area contributed by atoms with Gasteiger partial charge in [-0.1, -0.05) is 6.07 Å². The second-order valence-corrected chi connectivity index (χ2v) is 4.91. The topological polar surface area (TPSA) is 55.5 Å². The molecule has 1 unspecified atom stereocenters. The SMILES string of the molecule is COc1ccc2c(c1)SCCC2(N)CO. The van der Waals surface area contributed by atoms with Gasteiger partial charge in [0, 0.05) is 10.6 Å². The van der Waals surface area contributed by atoms with Crippen molar-refractivity contribution in [3.8, 4) is 5.75 Å². The predicted molar refractivity (Wildman–Crippen MR) is 61.3 cm³/mol. The van der Waals surface area contributed by atoms with E-state index in [-0.39, 0.29) is 6.61 Å². The van der Waals surface area contributed by atoms with E-state index in [2.05, 4.69) is 0 Å². The molecule has 1 aliphatic rings. The van der Waals surface area contributed by atoms with Crippen molar-refractivity contribution in [2.45, 2.75) is 16.9 Å². The molecular formula is C11H15NO2S.